The summed E-state index contributed by atoms with van der Waals surface area (Å²) in [5, 5.41) is -0.953. The summed E-state index contributed by atoms with van der Waals surface area (Å²) in [6, 6.07) is 18.1. The molecule has 9 nitrogen and oxygen atoms in total. The highest BCUT2D eigenvalue weighted by Gasteiger charge is 2.49. The molecule has 3 aromatic carbocycles. The quantitative estimate of drug-likeness (QED) is 0.171. The van der Waals surface area contributed by atoms with Crippen molar-refractivity contribution in [3.05, 3.63) is 100 Å². The molecule has 1 amide bonds. The number of Topliss-reactive ketones (excluding diaryl/α,β-unsaturated/α-hetero) is 3. The third-order valence-corrected chi connectivity index (χ3v) is 11.8. The van der Waals surface area contributed by atoms with Gasteiger partial charge in [0.15, 0.2) is 21.4 Å². The summed E-state index contributed by atoms with van der Waals surface area (Å²) < 4.78 is 73.4. The highest BCUT2D eigenvalue weighted by atomic mass is 35.5. The first kappa shape index (κ1) is 40.7. The van der Waals surface area contributed by atoms with E-state index in [0.29, 0.717) is 21.9 Å². The van der Waals surface area contributed by atoms with Crippen LogP contribution in [0.2, 0.25) is 5.02 Å². The summed E-state index contributed by atoms with van der Waals surface area (Å²) in [5.74, 6) is -7.70. The molecule has 2 N–H and O–H groups in total. The van der Waals surface area contributed by atoms with Gasteiger partial charge in [-0.05, 0) is 59.7 Å². The lowest BCUT2D eigenvalue weighted by molar-refractivity contribution is -0.177. The zero-order valence-electron chi connectivity index (χ0n) is 29.1. The van der Waals surface area contributed by atoms with E-state index in [1.54, 1.807) is 66.7 Å². The zero-order chi connectivity index (χ0) is 38.4. The van der Waals surface area contributed by atoms with Crippen molar-refractivity contribution in [3.8, 4) is 5.75 Å². The first-order valence-corrected chi connectivity index (χ1v) is 18.9. The van der Waals surface area contributed by atoms with E-state index < -0.39 is 87.0 Å². The standard InChI is InChI=1S/C38H42ClF3N2O7S/c1-23(2)32(36(47)38(40,41)42)19-35(46)33-18-31(52(49,50)22-26-11-13-30(51-3)14-12-26)21-44(33)37(48)28(15-24-7-9-25(20-43)10-8-24)17-34(45)27-5-4-6-29(39)16-27/h4-14,16,23,28,31-33H,15,17-22,43H2,1-3H3/t28-,31-,32+,33+/m1/s1. The Morgan fingerprint density at radius 2 is 1.56 bits per heavy atom. The molecule has 4 atom stereocenters. The van der Waals surface area contributed by atoms with Crippen molar-refractivity contribution in [2.24, 2.45) is 23.5 Å². The number of nitrogens with zero attached hydrogens (tertiary/aromatic N) is 1. The minimum atomic E-state index is -5.20. The van der Waals surface area contributed by atoms with Crippen LogP contribution in [0.4, 0.5) is 13.2 Å². The van der Waals surface area contributed by atoms with E-state index in [4.69, 9.17) is 22.1 Å². The van der Waals surface area contributed by atoms with Gasteiger partial charge in [-0.3, -0.25) is 19.2 Å². The van der Waals surface area contributed by atoms with E-state index in [1.165, 1.54) is 27.0 Å². The minimum Gasteiger partial charge on any atom is -0.497 e. The summed E-state index contributed by atoms with van der Waals surface area (Å²) in [5.41, 5.74) is 7.89. The Bertz CT molecular complexity index is 1870. The Morgan fingerprint density at radius 3 is 2.12 bits per heavy atom. The first-order chi connectivity index (χ1) is 24.4. The molecule has 0 unspecified atom stereocenters. The second kappa shape index (κ2) is 17.2. The predicted molar refractivity (Wildman–Crippen MR) is 190 cm³/mol. The van der Waals surface area contributed by atoms with Gasteiger partial charge < -0.3 is 15.4 Å². The van der Waals surface area contributed by atoms with Gasteiger partial charge in [0.2, 0.25) is 11.7 Å². The summed E-state index contributed by atoms with van der Waals surface area (Å²) in [7, 11) is -2.58. The van der Waals surface area contributed by atoms with Gasteiger partial charge in [0.1, 0.15) is 5.75 Å². The van der Waals surface area contributed by atoms with E-state index in [0.717, 1.165) is 10.5 Å². The van der Waals surface area contributed by atoms with Crippen molar-refractivity contribution in [3.63, 3.8) is 0 Å². The number of methoxy groups -OCH3 is 1. The number of sulfone groups is 1. The number of nitrogens with two attached hydrogens (primary N) is 1. The number of rotatable bonds is 16. The third-order valence-electron chi connectivity index (χ3n) is 9.46. The zero-order valence-corrected chi connectivity index (χ0v) is 30.6. The Kier molecular flexibility index (Phi) is 13.4. The fraction of sp³-hybridized carbons (Fsp3) is 0.421. The molecule has 14 heteroatoms. The fourth-order valence-corrected chi connectivity index (χ4v) is 8.40. The third kappa shape index (κ3) is 10.3. The van der Waals surface area contributed by atoms with Crippen LogP contribution in [0.25, 0.3) is 0 Å². The molecule has 52 heavy (non-hydrogen) atoms. The average molecular weight is 763 g/mol. The summed E-state index contributed by atoms with van der Waals surface area (Å²) >= 11 is 6.12. The molecular weight excluding hydrogens is 721 g/mol. The molecule has 1 fully saturated rings. The molecule has 1 saturated heterocycles. The number of amides is 1. The monoisotopic (exact) mass is 762 g/mol. The molecule has 1 heterocycles. The van der Waals surface area contributed by atoms with Gasteiger partial charge in [0, 0.05) is 48.4 Å². The second-order valence-electron chi connectivity index (χ2n) is 13.5. The highest BCUT2D eigenvalue weighted by Crippen LogP contribution is 2.34. The number of likely N-dealkylation sites (tertiary alicyclic amines) is 1. The average Bonchev–Trinajstić information content (AvgIpc) is 3.56. The molecule has 3 aromatic rings. The fourth-order valence-electron chi connectivity index (χ4n) is 6.45. The van der Waals surface area contributed by atoms with Gasteiger partial charge in [-0.25, -0.2) is 8.42 Å². The predicted octanol–water partition coefficient (Wildman–Crippen LogP) is 6.19. The van der Waals surface area contributed by atoms with E-state index >= 15 is 0 Å². The van der Waals surface area contributed by atoms with Crippen molar-refractivity contribution in [2.45, 2.75) is 69.3 Å². The normalized spacial score (nSPS) is 17.5. The van der Waals surface area contributed by atoms with Crippen LogP contribution in [0.5, 0.6) is 5.75 Å². The van der Waals surface area contributed by atoms with Gasteiger partial charge in [-0.1, -0.05) is 74.0 Å². The van der Waals surface area contributed by atoms with E-state index in [1.807, 2.05) is 0 Å². The lowest BCUT2D eigenvalue weighted by atomic mass is 9.84. The molecule has 0 radical (unpaired) electrons. The summed E-state index contributed by atoms with van der Waals surface area (Å²) in [6.07, 6.45) is -6.73. The number of alkyl halides is 3. The topological polar surface area (TPSA) is 141 Å². The smallest absolute Gasteiger partial charge is 0.450 e. The molecule has 0 aliphatic carbocycles. The largest absolute Gasteiger partial charge is 0.497 e. The van der Waals surface area contributed by atoms with Crippen molar-refractivity contribution in [2.75, 3.05) is 13.7 Å². The number of halogens is 4. The maximum absolute atomic E-state index is 14.6. The lowest BCUT2D eigenvalue weighted by Crippen LogP contribution is -2.46. The number of hydrogen-bond acceptors (Lipinski definition) is 8. The SMILES string of the molecule is COc1ccc(CS(=O)(=O)[C@@H]2C[C@@H](C(=O)C[C@H](C(=O)C(F)(F)F)C(C)C)N(C(=O)[C@@H](CC(=O)c3cccc(Cl)c3)Cc3ccc(CN)cc3)C2)cc1. The van der Waals surface area contributed by atoms with Crippen molar-refractivity contribution >= 4 is 44.7 Å². The van der Waals surface area contributed by atoms with E-state index in [9.17, 15) is 40.8 Å². The molecule has 0 saturated carbocycles. The first-order valence-electron chi connectivity index (χ1n) is 16.8. The number of ether oxygens (including phenoxy) is 1. The van der Waals surface area contributed by atoms with Crippen LogP contribution < -0.4 is 10.5 Å². The molecule has 280 valence electrons. The maximum atomic E-state index is 14.6. The van der Waals surface area contributed by atoms with Gasteiger partial charge in [0.25, 0.3) is 0 Å². The molecule has 1 aliphatic rings. The number of carbonyl (C=O) groups is 4. The van der Waals surface area contributed by atoms with Crippen LogP contribution in [0.3, 0.4) is 0 Å². The maximum Gasteiger partial charge on any atom is 0.450 e. The molecule has 0 bridgehead atoms. The summed E-state index contributed by atoms with van der Waals surface area (Å²) in [6.45, 7) is 2.61. The van der Waals surface area contributed by atoms with Crippen LogP contribution in [-0.2, 0) is 42.9 Å². The molecule has 0 spiro atoms. The van der Waals surface area contributed by atoms with Gasteiger partial charge in [0.05, 0.1) is 24.2 Å². The van der Waals surface area contributed by atoms with Crippen molar-refractivity contribution in [1.82, 2.24) is 4.90 Å². The van der Waals surface area contributed by atoms with Crippen LogP contribution >= 0.6 is 11.6 Å². The lowest BCUT2D eigenvalue weighted by Gasteiger charge is -2.29. The molecular formula is C38H42ClF3N2O7S. The van der Waals surface area contributed by atoms with Crippen LogP contribution in [0, 0.1) is 17.8 Å². The molecule has 0 aromatic heterocycles. The Morgan fingerprint density at radius 1 is 0.942 bits per heavy atom. The number of hydrogen-bond donors (Lipinski definition) is 1. The van der Waals surface area contributed by atoms with Gasteiger partial charge in [-0.2, -0.15) is 13.2 Å². The minimum absolute atomic E-state index is 0.0256. The van der Waals surface area contributed by atoms with Crippen LogP contribution in [0.15, 0.2) is 72.8 Å². The second-order valence-corrected chi connectivity index (χ2v) is 16.2. The van der Waals surface area contributed by atoms with Crippen LogP contribution in [-0.4, -0.2) is 67.7 Å². The van der Waals surface area contributed by atoms with Crippen LogP contribution in [0.1, 0.15) is 60.2 Å². The van der Waals surface area contributed by atoms with Crippen molar-refractivity contribution in [1.29, 1.82) is 0 Å². The Balaban J connectivity index is 1.72. The molecule has 1 aliphatic heterocycles. The van der Waals surface area contributed by atoms with E-state index in [2.05, 4.69) is 0 Å². The number of carbonyl (C=O) groups excluding carboxylic acids is 4. The van der Waals surface area contributed by atoms with Gasteiger partial charge >= 0.3 is 6.18 Å². The van der Waals surface area contributed by atoms with E-state index in [-0.39, 0.29) is 31.4 Å². The van der Waals surface area contributed by atoms with Crippen molar-refractivity contribution < 1.29 is 45.5 Å². The summed E-state index contributed by atoms with van der Waals surface area (Å²) in [4.78, 5) is 55.5. The Labute approximate surface area is 306 Å². The Hall–Kier alpha value is -4.07. The van der Waals surface area contributed by atoms with Gasteiger partial charge in [-0.15, -0.1) is 0 Å². The number of ketones is 3. The highest BCUT2D eigenvalue weighted by molar-refractivity contribution is 7.91. The number of benzene rings is 3. The molecule has 4 rings (SSSR count).